The molecule has 0 aliphatic heterocycles. The van der Waals surface area contributed by atoms with Crippen molar-refractivity contribution in [2.24, 2.45) is 0 Å². The van der Waals surface area contributed by atoms with Gasteiger partial charge in [-0.15, -0.1) is 0 Å². The summed E-state index contributed by atoms with van der Waals surface area (Å²) >= 11 is 0. The fourth-order valence-corrected chi connectivity index (χ4v) is 4.28. The summed E-state index contributed by atoms with van der Waals surface area (Å²) < 4.78 is 5.88. The van der Waals surface area contributed by atoms with Crippen LogP contribution < -0.4 is 28.9 Å². The molecule has 0 bridgehead atoms. The van der Waals surface area contributed by atoms with Crippen molar-refractivity contribution in [3.63, 3.8) is 0 Å². The molecule has 0 aliphatic carbocycles. The number of rotatable bonds is 5. The van der Waals surface area contributed by atoms with Gasteiger partial charge in [-0.05, 0) is 86.7 Å². The molecule has 3 aromatic carbocycles. The second-order valence-corrected chi connectivity index (χ2v) is 8.03. The normalized spacial score (nSPS) is 10.8. The SMILES string of the molecule is Cc1cc(Oc2ccccc2)ccc1[P-]C(=O)c1c(C)cc(C)c(C)c1C.[Li+]. The Labute approximate surface area is 181 Å². The van der Waals surface area contributed by atoms with Crippen molar-refractivity contribution in [2.45, 2.75) is 34.6 Å². The van der Waals surface area contributed by atoms with Crippen LogP contribution in [0.5, 0.6) is 11.5 Å². The van der Waals surface area contributed by atoms with Crippen molar-refractivity contribution in [2.75, 3.05) is 0 Å². The predicted octanol–water partition coefficient (Wildman–Crippen LogP) is 3.44. The van der Waals surface area contributed by atoms with Gasteiger partial charge in [-0.1, -0.05) is 35.9 Å². The third-order valence-corrected chi connectivity index (χ3v) is 6.11. The van der Waals surface area contributed by atoms with E-state index in [0.29, 0.717) is 8.58 Å². The van der Waals surface area contributed by atoms with Crippen LogP contribution in [-0.2, 0) is 0 Å². The largest absolute Gasteiger partial charge is 1.00 e. The van der Waals surface area contributed by atoms with Gasteiger partial charge in [-0.2, -0.15) is 5.30 Å². The maximum atomic E-state index is 13.0. The summed E-state index contributed by atoms with van der Waals surface area (Å²) in [4.78, 5) is 13.0. The molecule has 0 aliphatic rings. The minimum atomic E-state index is 0. The zero-order valence-corrected chi connectivity index (χ0v) is 18.4. The van der Waals surface area contributed by atoms with Gasteiger partial charge in [0.05, 0.1) is 0 Å². The number of para-hydroxylation sites is 1. The van der Waals surface area contributed by atoms with Gasteiger partial charge in [0.1, 0.15) is 11.5 Å². The quantitative estimate of drug-likeness (QED) is 0.499. The molecule has 0 atom stereocenters. The Morgan fingerprint density at radius 2 is 1.43 bits per heavy atom. The number of carbonyl (C=O) groups excluding carboxylic acids is 1. The molecule has 0 amide bonds. The van der Waals surface area contributed by atoms with Crippen LogP contribution in [0.1, 0.15) is 38.2 Å². The van der Waals surface area contributed by atoms with Gasteiger partial charge < -0.3 is 18.1 Å². The summed E-state index contributed by atoms with van der Waals surface area (Å²) in [6, 6.07) is 17.7. The Hall–Kier alpha value is -1.84. The zero-order chi connectivity index (χ0) is 19.6. The predicted molar refractivity (Wildman–Crippen MR) is 114 cm³/mol. The van der Waals surface area contributed by atoms with E-state index in [1.807, 2.05) is 69.3 Å². The molecule has 3 rings (SSSR count). The number of hydrogen-bond acceptors (Lipinski definition) is 2. The number of hydrogen-bond donors (Lipinski definition) is 0. The van der Waals surface area contributed by atoms with E-state index in [0.717, 1.165) is 39.1 Å². The summed E-state index contributed by atoms with van der Waals surface area (Å²) in [6.45, 7) is 10.3. The van der Waals surface area contributed by atoms with Gasteiger partial charge in [0.25, 0.3) is 0 Å². The van der Waals surface area contributed by atoms with E-state index in [1.54, 1.807) is 0 Å². The van der Waals surface area contributed by atoms with Crippen LogP contribution in [0.4, 0.5) is 0 Å². The van der Waals surface area contributed by atoms with Crippen LogP contribution in [0.3, 0.4) is 0 Å². The van der Waals surface area contributed by atoms with Gasteiger partial charge in [0.15, 0.2) is 0 Å². The summed E-state index contributed by atoms with van der Waals surface area (Å²) in [5.41, 5.74) is 6.62. The third kappa shape index (κ3) is 4.95. The van der Waals surface area contributed by atoms with Crippen molar-refractivity contribution < 1.29 is 28.4 Å². The minimum Gasteiger partial charge on any atom is -0.457 e. The maximum absolute atomic E-state index is 13.0. The van der Waals surface area contributed by atoms with Gasteiger partial charge in [0.2, 0.25) is 0 Å². The van der Waals surface area contributed by atoms with Crippen molar-refractivity contribution in [3.8, 4) is 11.5 Å². The third-order valence-electron chi connectivity index (χ3n) is 4.94. The van der Waals surface area contributed by atoms with E-state index in [9.17, 15) is 4.79 Å². The molecule has 28 heavy (non-hydrogen) atoms. The first-order valence-electron chi connectivity index (χ1n) is 9.04. The maximum Gasteiger partial charge on any atom is 1.00 e. The zero-order valence-electron chi connectivity index (χ0n) is 17.5. The first-order chi connectivity index (χ1) is 12.9. The average Bonchev–Trinajstić information content (AvgIpc) is 2.63. The fourth-order valence-electron chi connectivity index (χ4n) is 3.22. The summed E-state index contributed by atoms with van der Waals surface area (Å²) in [5.74, 6) is 1.59. The Morgan fingerprint density at radius 1 is 0.750 bits per heavy atom. The topological polar surface area (TPSA) is 26.3 Å². The van der Waals surface area contributed by atoms with Crippen LogP contribution in [-0.4, -0.2) is 5.52 Å². The van der Waals surface area contributed by atoms with Crippen LogP contribution in [0.15, 0.2) is 54.6 Å². The Balaban J connectivity index is 0.00000280. The number of ether oxygens (including phenoxy) is 1. The van der Waals surface area contributed by atoms with Crippen molar-refractivity contribution in [1.82, 2.24) is 0 Å². The van der Waals surface area contributed by atoms with Crippen LogP contribution in [0.25, 0.3) is 0 Å². The van der Waals surface area contributed by atoms with E-state index in [4.69, 9.17) is 4.74 Å². The van der Waals surface area contributed by atoms with Gasteiger partial charge in [0, 0.05) is 5.52 Å². The molecule has 3 aromatic rings. The van der Waals surface area contributed by atoms with Gasteiger partial charge in [-0.3, -0.25) is 0 Å². The van der Waals surface area contributed by atoms with Crippen molar-refractivity contribution >= 4 is 19.4 Å². The molecule has 0 aromatic heterocycles. The van der Waals surface area contributed by atoms with Crippen molar-refractivity contribution in [1.29, 1.82) is 0 Å². The number of carbonyl (C=O) groups is 1. The monoisotopic (exact) mass is 382 g/mol. The molecule has 138 valence electrons. The molecule has 2 nitrogen and oxygen atoms in total. The van der Waals surface area contributed by atoms with Gasteiger partial charge >= 0.3 is 18.9 Å². The summed E-state index contributed by atoms with van der Waals surface area (Å²) in [6.07, 6.45) is 0. The number of aryl methyl sites for hydroxylation is 3. The van der Waals surface area contributed by atoms with Crippen LogP contribution in [0.2, 0.25) is 0 Å². The molecule has 0 saturated carbocycles. The molecular weight excluding hydrogens is 358 g/mol. The molecule has 0 saturated heterocycles. The summed E-state index contributed by atoms with van der Waals surface area (Å²) in [7, 11) is 0.699. The smallest absolute Gasteiger partial charge is 0.457 e. The number of benzene rings is 3. The first-order valence-corrected chi connectivity index (χ1v) is 9.93. The summed E-state index contributed by atoms with van der Waals surface area (Å²) in [5, 5.41) is 1.01. The molecular formula is C24H24LiO2P. The van der Waals surface area contributed by atoms with Crippen LogP contribution >= 0.6 is 8.58 Å². The average molecular weight is 382 g/mol. The minimum absolute atomic E-state index is 0. The molecule has 4 heteroatoms. The molecule has 0 unspecified atom stereocenters. The molecule has 0 heterocycles. The fraction of sp³-hybridized carbons (Fsp3) is 0.208. The Bertz CT molecular complexity index is 997. The second kappa shape index (κ2) is 9.57. The van der Waals surface area contributed by atoms with Crippen LogP contribution in [0, 0.1) is 34.6 Å². The van der Waals surface area contributed by atoms with E-state index >= 15 is 0 Å². The van der Waals surface area contributed by atoms with Crippen molar-refractivity contribution in [3.05, 3.63) is 88.0 Å². The molecule has 0 spiro atoms. The first kappa shape index (κ1) is 22.4. The standard InChI is InChI=1S/C24H24O2P.Li/c1-15-13-17(3)23(19(5)18(15)4)24(25)27-22-12-11-21(14-16(22)2)26-20-9-7-6-8-10-20;/h6-14H,1-5H3;/q-1;+1. The van der Waals surface area contributed by atoms with E-state index in [1.165, 1.54) is 11.1 Å². The van der Waals surface area contributed by atoms with E-state index in [-0.39, 0.29) is 24.4 Å². The second-order valence-electron chi connectivity index (χ2n) is 6.92. The van der Waals surface area contributed by atoms with E-state index in [2.05, 4.69) is 19.9 Å². The Kier molecular flexibility index (Phi) is 7.68. The molecule has 0 radical (unpaired) electrons. The Morgan fingerprint density at radius 3 is 2.07 bits per heavy atom. The molecule has 0 fully saturated rings. The van der Waals surface area contributed by atoms with E-state index < -0.39 is 0 Å². The molecule has 0 N–H and O–H groups in total. The van der Waals surface area contributed by atoms with Gasteiger partial charge in [-0.25, -0.2) is 0 Å².